The molecule has 0 spiro atoms. The number of nitrogens with zero attached hydrogens (tertiary/aromatic N) is 1. The second kappa shape index (κ2) is 8.14. The molecule has 0 saturated heterocycles. The number of nitrogens with one attached hydrogen (secondary N) is 2. The van der Waals surface area contributed by atoms with E-state index in [0.29, 0.717) is 24.9 Å². The molecule has 10 heteroatoms. The van der Waals surface area contributed by atoms with E-state index in [1.807, 2.05) is 6.08 Å². The summed E-state index contributed by atoms with van der Waals surface area (Å²) in [5.74, 6) is -3.43. The summed E-state index contributed by atoms with van der Waals surface area (Å²) in [6.07, 6.45) is 5.96. The van der Waals surface area contributed by atoms with E-state index in [1.165, 1.54) is 4.90 Å². The van der Waals surface area contributed by atoms with Crippen LogP contribution in [0.2, 0.25) is 5.02 Å². The predicted molar refractivity (Wildman–Crippen MR) is 108 cm³/mol. The van der Waals surface area contributed by atoms with Gasteiger partial charge >= 0.3 is 0 Å². The third-order valence-corrected chi connectivity index (χ3v) is 5.85. The Balaban J connectivity index is 1.50. The van der Waals surface area contributed by atoms with Gasteiger partial charge < -0.3 is 20.3 Å². The highest BCUT2D eigenvalue weighted by Gasteiger charge is 2.39. The molecular weight excluding hydrogens is 432 g/mol. The van der Waals surface area contributed by atoms with Crippen molar-refractivity contribution < 1.29 is 23.5 Å². The van der Waals surface area contributed by atoms with E-state index in [0.717, 1.165) is 24.8 Å². The van der Waals surface area contributed by atoms with Crippen LogP contribution in [0.1, 0.15) is 32.8 Å². The van der Waals surface area contributed by atoms with Crippen LogP contribution < -0.4 is 10.7 Å². The number of benzene rings is 1. The van der Waals surface area contributed by atoms with Crippen LogP contribution >= 0.6 is 11.6 Å². The molecule has 3 N–H and O–H groups in total. The number of allylic oxidation sites excluding steroid dienone is 1. The standard InChI is InChI=1S/C21H18ClF2N3O4/c22-15-14(23)4-3-11(16(15)24)7-26-20(30)13-8-25-17(19(29)18(13)28)21(31)27-5-1-2-10-6-12(10)9-27/h1-4,8,10,12,29H,5-7,9H2,(H,25,28)(H,26,30). The number of carbonyl (C=O) groups is 2. The molecule has 2 atom stereocenters. The molecule has 1 aromatic carbocycles. The van der Waals surface area contributed by atoms with Gasteiger partial charge in [0, 0.05) is 31.4 Å². The molecule has 162 valence electrons. The number of aromatic hydroxyl groups is 1. The number of aromatic amines is 1. The topological polar surface area (TPSA) is 102 Å². The number of H-pyrrole nitrogens is 1. The lowest BCUT2D eigenvalue weighted by molar-refractivity contribution is 0.0757. The lowest BCUT2D eigenvalue weighted by Gasteiger charge is -2.20. The van der Waals surface area contributed by atoms with Gasteiger partial charge in [-0.1, -0.05) is 29.8 Å². The smallest absolute Gasteiger partial charge is 0.274 e. The summed E-state index contributed by atoms with van der Waals surface area (Å²) in [6.45, 7) is 0.515. The Morgan fingerprint density at radius 2 is 2.10 bits per heavy atom. The van der Waals surface area contributed by atoms with Crippen molar-refractivity contribution in [3.63, 3.8) is 0 Å². The fraction of sp³-hybridized carbons (Fsp3) is 0.286. The highest BCUT2D eigenvalue weighted by Crippen LogP contribution is 2.41. The maximum atomic E-state index is 14.0. The van der Waals surface area contributed by atoms with Gasteiger partial charge in [0.25, 0.3) is 11.8 Å². The van der Waals surface area contributed by atoms with Crippen LogP contribution in [-0.4, -0.2) is 39.9 Å². The van der Waals surface area contributed by atoms with Gasteiger partial charge in [0.2, 0.25) is 5.43 Å². The summed E-state index contributed by atoms with van der Waals surface area (Å²) in [5.41, 5.74) is -1.88. The first-order valence-electron chi connectivity index (χ1n) is 9.59. The van der Waals surface area contributed by atoms with Crippen molar-refractivity contribution in [1.82, 2.24) is 15.2 Å². The molecule has 31 heavy (non-hydrogen) atoms. The van der Waals surface area contributed by atoms with Gasteiger partial charge in [0.05, 0.1) is 0 Å². The van der Waals surface area contributed by atoms with Crippen LogP contribution in [0.15, 0.2) is 35.3 Å². The van der Waals surface area contributed by atoms with Crippen LogP contribution in [0.4, 0.5) is 8.78 Å². The van der Waals surface area contributed by atoms with Gasteiger partial charge in [-0.05, 0) is 24.3 Å². The third kappa shape index (κ3) is 4.05. The Hall–Kier alpha value is -3.20. The van der Waals surface area contributed by atoms with Gasteiger partial charge in [0.1, 0.15) is 22.2 Å². The van der Waals surface area contributed by atoms with E-state index in [9.17, 15) is 28.3 Å². The number of hydrogen-bond donors (Lipinski definition) is 3. The average Bonchev–Trinajstić information content (AvgIpc) is 3.51. The molecule has 2 aliphatic rings. The summed E-state index contributed by atoms with van der Waals surface area (Å²) >= 11 is 5.50. The fourth-order valence-electron chi connectivity index (χ4n) is 3.59. The number of hydrogen-bond acceptors (Lipinski definition) is 4. The Labute approximate surface area is 180 Å². The van der Waals surface area contributed by atoms with Crippen LogP contribution in [0.3, 0.4) is 0 Å². The predicted octanol–water partition coefficient (Wildman–Crippen LogP) is 2.59. The maximum absolute atomic E-state index is 14.0. The zero-order valence-corrected chi connectivity index (χ0v) is 16.9. The number of amides is 2. The minimum absolute atomic E-state index is 0.0835. The quantitative estimate of drug-likeness (QED) is 0.493. The van der Waals surface area contributed by atoms with Gasteiger partial charge in [0.15, 0.2) is 11.4 Å². The van der Waals surface area contributed by atoms with E-state index in [4.69, 9.17) is 11.6 Å². The van der Waals surface area contributed by atoms with E-state index in [2.05, 4.69) is 16.4 Å². The first-order chi connectivity index (χ1) is 14.8. The Morgan fingerprint density at radius 1 is 1.32 bits per heavy atom. The van der Waals surface area contributed by atoms with Crippen LogP contribution in [0.5, 0.6) is 5.75 Å². The van der Waals surface area contributed by atoms with Gasteiger partial charge in [-0.2, -0.15) is 0 Å². The number of fused-ring (bicyclic) bond motifs is 1. The maximum Gasteiger partial charge on any atom is 0.274 e. The molecule has 7 nitrogen and oxygen atoms in total. The minimum atomic E-state index is -1.04. The van der Waals surface area contributed by atoms with Crippen molar-refractivity contribution in [2.75, 3.05) is 13.1 Å². The molecule has 2 aromatic rings. The van der Waals surface area contributed by atoms with Crippen molar-refractivity contribution in [2.45, 2.75) is 13.0 Å². The van der Waals surface area contributed by atoms with E-state index in [1.54, 1.807) is 0 Å². The fourth-order valence-corrected chi connectivity index (χ4v) is 3.77. The molecule has 1 aliphatic carbocycles. The minimum Gasteiger partial charge on any atom is -0.503 e. The average molecular weight is 450 g/mol. The van der Waals surface area contributed by atoms with Crippen LogP contribution in [-0.2, 0) is 6.54 Å². The second-order valence-corrected chi connectivity index (χ2v) is 7.95. The van der Waals surface area contributed by atoms with Crippen LogP contribution in [0, 0.1) is 23.5 Å². The second-order valence-electron chi connectivity index (χ2n) is 7.57. The van der Waals surface area contributed by atoms with Crippen molar-refractivity contribution in [1.29, 1.82) is 0 Å². The number of aromatic nitrogens is 1. The molecule has 2 unspecified atom stereocenters. The highest BCUT2D eigenvalue weighted by atomic mass is 35.5. The van der Waals surface area contributed by atoms with Gasteiger partial charge in [-0.3, -0.25) is 14.4 Å². The first kappa shape index (κ1) is 21.0. The molecule has 4 rings (SSSR count). The normalized spacial score (nSPS) is 19.5. The number of rotatable bonds is 4. The van der Waals surface area contributed by atoms with Crippen LogP contribution in [0.25, 0.3) is 0 Å². The van der Waals surface area contributed by atoms with Crippen molar-refractivity contribution in [2.24, 2.45) is 11.8 Å². The summed E-state index contributed by atoms with van der Waals surface area (Å²) < 4.78 is 27.2. The molecule has 0 radical (unpaired) electrons. The highest BCUT2D eigenvalue weighted by molar-refractivity contribution is 6.30. The monoisotopic (exact) mass is 449 g/mol. The summed E-state index contributed by atoms with van der Waals surface area (Å²) in [5, 5.41) is 11.9. The zero-order chi connectivity index (χ0) is 22.3. The summed E-state index contributed by atoms with van der Waals surface area (Å²) in [7, 11) is 0. The molecule has 1 saturated carbocycles. The molecule has 1 aromatic heterocycles. The lowest BCUT2D eigenvalue weighted by Crippen LogP contribution is -2.35. The van der Waals surface area contributed by atoms with E-state index >= 15 is 0 Å². The van der Waals surface area contributed by atoms with Crippen molar-refractivity contribution in [3.8, 4) is 5.75 Å². The molecular formula is C21H18ClF2N3O4. The molecule has 1 fully saturated rings. The van der Waals surface area contributed by atoms with E-state index < -0.39 is 45.2 Å². The Bertz CT molecular complexity index is 1160. The Morgan fingerprint density at radius 3 is 2.87 bits per heavy atom. The number of pyridine rings is 1. The largest absolute Gasteiger partial charge is 0.503 e. The van der Waals surface area contributed by atoms with Gasteiger partial charge in [-0.25, -0.2) is 8.78 Å². The van der Waals surface area contributed by atoms with E-state index in [-0.39, 0.29) is 17.8 Å². The summed E-state index contributed by atoms with van der Waals surface area (Å²) in [4.78, 5) is 41.6. The van der Waals surface area contributed by atoms with Crippen molar-refractivity contribution >= 4 is 23.4 Å². The number of halogens is 3. The molecule has 2 heterocycles. The SMILES string of the molecule is O=C(NCc1ccc(F)c(Cl)c1F)c1c[nH]c(C(=O)N2CC=CC3CC3C2)c(O)c1=O. The number of carbonyl (C=O) groups excluding carboxylic acids is 2. The first-order valence-corrected chi connectivity index (χ1v) is 9.97. The lowest BCUT2D eigenvalue weighted by atomic mass is 10.1. The summed E-state index contributed by atoms with van der Waals surface area (Å²) in [6, 6.07) is 2.06. The zero-order valence-electron chi connectivity index (χ0n) is 16.1. The molecule has 2 amide bonds. The molecule has 0 bridgehead atoms. The molecule has 1 aliphatic heterocycles. The third-order valence-electron chi connectivity index (χ3n) is 5.50. The Kier molecular flexibility index (Phi) is 5.53. The van der Waals surface area contributed by atoms with Crippen molar-refractivity contribution in [3.05, 3.63) is 74.2 Å². The van der Waals surface area contributed by atoms with Gasteiger partial charge in [-0.15, -0.1) is 0 Å².